The molecule has 0 aliphatic carbocycles. The van der Waals surface area contributed by atoms with E-state index in [1.807, 2.05) is 0 Å². The van der Waals surface area contributed by atoms with Gasteiger partial charge in [-0.15, -0.1) is 0 Å². The molecule has 3 heteroatoms. The van der Waals surface area contributed by atoms with Gasteiger partial charge >= 0.3 is 0 Å². The summed E-state index contributed by atoms with van der Waals surface area (Å²) in [4.78, 5) is 0. The lowest BCUT2D eigenvalue weighted by molar-refractivity contribution is 0.876. The molecular weight excluding hydrogens is 138 g/mol. The lowest BCUT2D eigenvalue weighted by Gasteiger charge is -2.01. The minimum absolute atomic E-state index is 0.902. The molecule has 0 unspecified atom stereocenters. The summed E-state index contributed by atoms with van der Waals surface area (Å²) in [6.45, 7) is 5.53. The minimum atomic E-state index is 0.902. The van der Waals surface area contributed by atoms with E-state index in [0.29, 0.717) is 0 Å². The fourth-order valence-corrected chi connectivity index (χ4v) is 1.07. The molecule has 0 aromatic heterocycles. The van der Waals surface area contributed by atoms with Crippen LogP contribution in [0.15, 0.2) is 36.1 Å². The van der Waals surface area contributed by atoms with Crippen molar-refractivity contribution in [2.75, 3.05) is 13.1 Å². The Kier molecular flexibility index (Phi) is 2.89. The first-order chi connectivity index (χ1) is 5.38. The van der Waals surface area contributed by atoms with Gasteiger partial charge in [-0.25, -0.2) is 0 Å². The average Bonchev–Trinajstić information content (AvgIpc) is 2.52. The molecule has 11 heavy (non-hydrogen) atoms. The number of hydrazine groups is 1. The average molecular weight is 151 g/mol. The standard InChI is InChI=1S/C8H13N3/c1-2-7(6-11-9)8-3-4-10-5-8/h2-3,6,10-11H,1,4-5,9H2/b7-6+. The van der Waals surface area contributed by atoms with E-state index in [2.05, 4.69) is 23.4 Å². The third-order valence-corrected chi connectivity index (χ3v) is 1.64. The lowest BCUT2D eigenvalue weighted by atomic mass is 10.1. The van der Waals surface area contributed by atoms with E-state index in [0.717, 1.165) is 18.7 Å². The molecule has 0 radical (unpaired) electrons. The lowest BCUT2D eigenvalue weighted by Crippen LogP contribution is -2.15. The molecule has 0 amide bonds. The van der Waals surface area contributed by atoms with Gasteiger partial charge in [-0.3, -0.25) is 5.84 Å². The predicted octanol–water partition coefficient (Wildman–Crippen LogP) is 0.0492. The molecule has 0 saturated carbocycles. The Morgan fingerprint density at radius 3 is 3.09 bits per heavy atom. The van der Waals surface area contributed by atoms with E-state index in [1.54, 1.807) is 12.3 Å². The van der Waals surface area contributed by atoms with Crippen LogP contribution in [0.4, 0.5) is 0 Å². The van der Waals surface area contributed by atoms with E-state index in [-0.39, 0.29) is 0 Å². The van der Waals surface area contributed by atoms with E-state index in [1.165, 1.54) is 5.57 Å². The molecule has 0 aromatic rings. The fraction of sp³-hybridized carbons (Fsp3) is 0.250. The quantitative estimate of drug-likeness (QED) is 0.303. The van der Waals surface area contributed by atoms with Crippen molar-refractivity contribution in [3.05, 3.63) is 36.1 Å². The number of hydrogen-bond donors (Lipinski definition) is 3. The van der Waals surface area contributed by atoms with Gasteiger partial charge in [0, 0.05) is 19.3 Å². The molecule has 1 rings (SSSR count). The summed E-state index contributed by atoms with van der Waals surface area (Å²) in [5, 5.41) is 3.20. The Hall–Kier alpha value is -1.06. The maximum absolute atomic E-state index is 5.15. The Balaban J connectivity index is 2.68. The van der Waals surface area contributed by atoms with Gasteiger partial charge in [0.1, 0.15) is 0 Å². The van der Waals surface area contributed by atoms with Crippen LogP contribution in [0, 0.1) is 0 Å². The van der Waals surface area contributed by atoms with Crippen molar-refractivity contribution in [2.24, 2.45) is 5.84 Å². The summed E-state index contributed by atoms with van der Waals surface area (Å²) < 4.78 is 0. The van der Waals surface area contributed by atoms with E-state index in [9.17, 15) is 0 Å². The highest BCUT2D eigenvalue weighted by molar-refractivity contribution is 5.41. The fourth-order valence-electron chi connectivity index (χ4n) is 1.07. The van der Waals surface area contributed by atoms with Crippen LogP contribution in [0.5, 0.6) is 0 Å². The summed E-state index contributed by atoms with van der Waals surface area (Å²) in [7, 11) is 0. The molecule has 0 saturated heterocycles. The predicted molar refractivity (Wildman–Crippen MR) is 46.6 cm³/mol. The molecule has 1 aliphatic heterocycles. The second kappa shape index (κ2) is 3.95. The maximum Gasteiger partial charge on any atom is 0.0212 e. The SMILES string of the molecule is C=C/C(=C\NN)C1=CCNC1. The van der Waals surface area contributed by atoms with Crippen LogP contribution in [0.25, 0.3) is 0 Å². The molecule has 0 spiro atoms. The molecule has 0 fully saturated rings. The van der Waals surface area contributed by atoms with Crippen LogP contribution >= 0.6 is 0 Å². The Labute approximate surface area is 66.6 Å². The van der Waals surface area contributed by atoms with E-state index < -0.39 is 0 Å². The largest absolute Gasteiger partial charge is 0.331 e. The van der Waals surface area contributed by atoms with Gasteiger partial charge in [-0.2, -0.15) is 0 Å². The molecule has 4 N–H and O–H groups in total. The van der Waals surface area contributed by atoms with Crippen LogP contribution in [0.1, 0.15) is 0 Å². The summed E-state index contributed by atoms with van der Waals surface area (Å²) in [6, 6.07) is 0. The van der Waals surface area contributed by atoms with Crippen molar-refractivity contribution >= 4 is 0 Å². The summed E-state index contributed by atoms with van der Waals surface area (Å²) in [6.07, 6.45) is 5.66. The van der Waals surface area contributed by atoms with Gasteiger partial charge in [-0.1, -0.05) is 18.7 Å². The van der Waals surface area contributed by atoms with Gasteiger partial charge in [0.2, 0.25) is 0 Å². The first-order valence-electron chi connectivity index (χ1n) is 3.57. The van der Waals surface area contributed by atoms with E-state index >= 15 is 0 Å². The van der Waals surface area contributed by atoms with Crippen LogP contribution < -0.4 is 16.6 Å². The van der Waals surface area contributed by atoms with Gasteiger partial charge in [-0.05, 0) is 11.1 Å². The van der Waals surface area contributed by atoms with Crippen molar-refractivity contribution < 1.29 is 0 Å². The Morgan fingerprint density at radius 2 is 2.64 bits per heavy atom. The number of nitrogens with two attached hydrogens (primary N) is 1. The van der Waals surface area contributed by atoms with Crippen molar-refractivity contribution in [3.8, 4) is 0 Å². The van der Waals surface area contributed by atoms with Gasteiger partial charge in [0.05, 0.1) is 0 Å². The zero-order valence-corrected chi connectivity index (χ0v) is 6.43. The van der Waals surface area contributed by atoms with Gasteiger partial charge in [0.15, 0.2) is 0 Å². The highest BCUT2D eigenvalue weighted by Crippen LogP contribution is 2.11. The monoisotopic (exact) mass is 151 g/mol. The van der Waals surface area contributed by atoms with E-state index in [4.69, 9.17) is 5.84 Å². The second-order valence-corrected chi connectivity index (χ2v) is 2.33. The van der Waals surface area contributed by atoms with Gasteiger partial charge < -0.3 is 10.7 Å². The molecular formula is C8H13N3. The summed E-state index contributed by atoms with van der Waals surface area (Å²) in [5.74, 6) is 5.15. The maximum atomic E-state index is 5.15. The summed E-state index contributed by atoms with van der Waals surface area (Å²) in [5.41, 5.74) is 4.80. The molecule has 60 valence electrons. The second-order valence-electron chi connectivity index (χ2n) is 2.33. The van der Waals surface area contributed by atoms with Crippen LogP contribution in [-0.2, 0) is 0 Å². The summed E-state index contributed by atoms with van der Waals surface area (Å²) >= 11 is 0. The molecule has 1 heterocycles. The normalized spacial score (nSPS) is 17.9. The minimum Gasteiger partial charge on any atom is -0.331 e. The Bertz CT molecular complexity index is 203. The number of hydrogen-bond acceptors (Lipinski definition) is 3. The Morgan fingerprint density at radius 1 is 1.82 bits per heavy atom. The molecule has 0 bridgehead atoms. The third-order valence-electron chi connectivity index (χ3n) is 1.64. The van der Waals surface area contributed by atoms with Crippen molar-refractivity contribution in [2.45, 2.75) is 0 Å². The number of nitrogens with one attached hydrogen (secondary N) is 2. The number of rotatable bonds is 3. The van der Waals surface area contributed by atoms with Crippen molar-refractivity contribution in [3.63, 3.8) is 0 Å². The zero-order chi connectivity index (χ0) is 8.10. The first-order valence-corrected chi connectivity index (χ1v) is 3.57. The highest BCUT2D eigenvalue weighted by Gasteiger charge is 2.05. The van der Waals surface area contributed by atoms with Crippen molar-refractivity contribution in [1.82, 2.24) is 10.7 Å². The van der Waals surface area contributed by atoms with Crippen LogP contribution in [-0.4, -0.2) is 13.1 Å². The van der Waals surface area contributed by atoms with Gasteiger partial charge in [0.25, 0.3) is 0 Å². The topological polar surface area (TPSA) is 50.1 Å². The van der Waals surface area contributed by atoms with Crippen LogP contribution in [0.3, 0.4) is 0 Å². The third kappa shape index (κ3) is 1.93. The highest BCUT2D eigenvalue weighted by atomic mass is 15.2. The smallest absolute Gasteiger partial charge is 0.0212 e. The molecule has 3 nitrogen and oxygen atoms in total. The molecule has 0 atom stereocenters. The number of allylic oxidation sites excluding steroid dienone is 1. The molecule has 0 aromatic carbocycles. The van der Waals surface area contributed by atoms with Crippen LogP contribution in [0.2, 0.25) is 0 Å². The first kappa shape index (κ1) is 8.04. The van der Waals surface area contributed by atoms with Crippen molar-refractivity contribution in [1.29, 1.82) is 0 Å². The molecule has 1 aliphatic rings. The zero-order valence-electron chi connectivity index (χ0n) is 6.43.